The van der Waals surface area contributed by atoms with Gasteiger partial charge < -0.3 is 9.47 Å². The summed E-state index contributed by atoms with van der Waals surface area (Å²) in [4.78, 5) is 0. The lowest BCUT2D eigenvalue weighted by Crippen LogP contribution is -2.05. The fourth-order valence-corrected chi connectivity index (χ4v) is 1.37. The summed E-state index contributed by atoms with van der Waals surface area (Å²) in [6, 6.07) is 0. The van der Waals surface area contributed by atoms with Crippen molar-refractivity contribution in [3.05, 3.63) is 0 Å². The van der Waals surface area contributed by atoms with Gasteiger partial charge in [0.05, 0.1) is 19.6 Å². The molecule has 1 aliphatic heterocycles. The lowest BCUT2D eigenvalue weighted by atomic mass is 10.1. The van der Waals surface area contributed by atoms with Crippen molar-refractivity contribution in [2.45, 2.75) is 45.8 Å². The fourth-order valence-electron chi connectivity index (χ4n) is 1.37. The van der Waals surface area contributed by atoms with E-state index >= 15 is 0 Å². The lowest BCUT2D eigenvalue weighted by molar-refractivity contribution is -0.0364. The van der Waals surface area contributed by atoms with Crippen molar-refractivity contribution in [3.8, 4) is 11.8 Å². The van der Waals surface area contributed by atoms with E-state index < -0.39 is 0 Å². The molecule has 0 bridgehead atoms. The van der Waals surface area contributed by atoms with Gasteiger partial charge in [-0.25, -0.2) is 0 Å². The Bertz CT molecular complexity index is 194. The summed E-state index contributed by atoms with van der Waals surface area (Å²) in [5, 5.41) is 0. The van der Waals surface area contributed by atoms with E-state index in [1.165, 1.54) is 12.8 Å². The normalized spacial score (nSPS) is 17.1. The maximum atomic E-state index is 5.27. The van der Waals surface area contributed by atoms with Gasteiger partial charge in [0.1, 0.15) is 0 Å². The van der Waals surface area contributed by atoms with Crippen molar-refractivity contribution >= 4 is 0 Å². The molecule has 1 fully saturated rings. The molecule has 0 amide bonds. The molecule has 0 radical (unpaired) electrons. The molecule has 1 rings (SSSR count). The van der Waals surface area contributed by atoms with E-state index in [2.05, 4.69) is 25.7 Å². The van der Waals surface area contributed by atoms with Crippen LogP contribution >= 0.6 is 0 Å². The third-order valence-corrected chi connectivity index (χ3v) is 2.17. The highest BCUT2D eigenvalue weighted by Gasteiger charge is 2.13. The highest BCUT2D eigenvalue weighted by molar-refractivity contribution is 4.99. The van der Waals surface area contributed by atoms with Crippen LogP contribution in [0.2, 0.25) is 0 Å². The molecule has 0 saturated carbocycles. The van der Waals surface area contributed by atoms with Crippen LogP contribution in [0, 0.1) is 17.8 Å². The first-order chi connectivity index (χ1) is 6.79. The van der Waals surface area contributed by atoms with Gasteiger partial charge >= 0.3 is 0 Å². The van der Waals surface area contributed by atoms with E-state index in [0.29, 0.717) is 0 Å². The summed E-state index contributed by atoms with van der Waals surface area (Å²) in [5.41, 5.74) is 0. The molecule has 0 aromatic rings. The topological polar surface area (TPSA) is 18.5 Å². The Balaban J connectivity index is 1.97. The molecule has 1 heterocycles. The smallest absolute Gasteiger partial charge is 0.168 e. The molecule has 14 heavy (non-hydrogen) atoms. The van der Waals surface area contributed by atoms with Crippen molar-refractivity contribution in [3.63, 3.8) is 0 Å². The van der Waals surface area contributed by atoms with Crippen LogP contribution in [0.1, 0.15) is 39.5 Å². The van der Waals surface area contributed by atoms with E-state index in [9.17, 15) is 0 Å². The SMILES string of the molecule is CC(C)CCCC#CCC1OCCO1. The van der Waals surface area contributed by atoms with Gasteiger partial charge in [0.25, 0.3) is 0 Å². The third-order valence-electron chi connectivity index (χ3n) is 2.17. The molecule has 0 atom stereocenters. The quantitative estimate of drug-likeness (QED) is 0.508. The second-order valence-electron chi connectivity index (χ2n) is 4.01. The molecule has 0 N–H and O–H groups in total. The molecule has 0 aromatic carbocycles. The molecule has 2 nitrogen and oxygen atoms in total. The van der Waals surface area contributed by atoms with Gasteiger partial charge in [-0.1, -0.05) is 26.2 Å². The summed E-state index contributed by atoms with van der Waals surface area (Å²) >= 11 is 0. The highest BCUT2D eigenvalue weighted by Crippen LogP contribution is 2.07. The van der Waals surface area contributed by atoms with E-state index in [4.69, 9.17) is 9.47 Å². The number of hydrogen-bond donors (Lipinski definition) is 0. The first-order valence-electron chi connectivity index (χ1n) is 5.48. The Morgan fingerprint density at radius 3 is 2.57 bits per heavy atom. The van der Waals surface area contributed by atoms with Crippen molar-refractivity contribution in [1.82, 2.24) is 0 Å². The number of ether oxygens (including phenoxy) is 2. The van der Waals surface area contributed by atoms with Gasteiger partial charge in [-0.15, -0.1) is 5.92 Å². The standard InChI is InChI=1S/C12H20O2/c1-11(2)7-5-3-4-6-8-12-13-9-10-14-12/h11-12H,3,5,7-10H2,1-2H3. The molecular weight excluding hydrogens is 176 g/mol. The van der Waals surface area contributed by atoms with Gasteiger partial charge in [-0.2, -0.15) is 0 Å². The van der Waals surface area contributed by atoms with Gasteiger partial charge in [-0.3, -0.25) is 0 Å². The predicted molar refractivity (Wildman–Crippen MR) is 56.8 cm³/mol. The first kappa shape index (κ1) is 11.6. The van der Waals surface area contributed by atoms with Crippen molar-refractivity contribution in [2.75, 3.05) is 13.2 Å². The average Bonchev–Trinajstić information content (AvgIpc) is 2.63. The van der Waals surface area contributed by atoms with Crippen LogP contribution in [0.15, 0.2) is 0 Å². The summed E-state index contributed by atoms with van der Waals surface area (Å²) in [7, 11) is 0. The van der Waals surface area contributed by atoms with Crippen LogP contribution in [0.5, 0.6) is 0 Å². The van der Waals surface area contributed by atoms with E-state index in [0.717, 1.165) is 32.0 Å². The van der Waals surface area contributed by atoms with E-state index in [-0.39, 0.29) is 6.29 Å². The van der Waals surface area contributed by atoms with E-state index in [1.54, 1.807) is 0 Å². The zero-order chi connectivity index (χ0) is 10.2. The molecule has 1 saturated heterocycles. The molecule has 0 spiro atoms. The lowest BCUT2D eigenvalue weighted by Gasteiger charge is -2.02. The average molecular weight is 196 g/mol. The zero-order valence-corrected chi connectivity index (χ0v) is 9.21. The maximum Gasteiger partial charge on any atom is 0.168 e. The number of hydrogen-bond acceptors (Lipinski definition) is 2. The van der Waals surface area contributed by atoms with Crippen LogP contribution in [0.4, 0.5) is 0 Å². The van der Waals surface area contributed by atoms with Gasteiger partial charge in [0.2, 0.25) is 0 Å². The Hall–Kier alpha value is -0.520. The Kier molecular flexibility index (Phi) is 5.66. The van der Waals surface area contributed by atoms with Gasteiger partial charge in [0.15, 0.2) is 6.29 Å². The molecule has 0 aliphatic carbocycles. The first-order valence-corrected chi connectivity index (χ1v) is 5.48. The van der Waals surface area contributed by atoms with Crippen LogP contribution in [-0.2, 0) is 9.47 Å². The Labute approximate surface area is 87.0 Å². The van der Waals surface area contributed by atoms with E-state index in [1.807, 2.05) is 0 Å². The largest absolute Gasteiger partial charge is 0.349 e. The van der Waals surface area contributed by atoms with Crippen LogP contribution < -0.4 is 0 Å². The van der Waals surface area contributed by atoms with Gasteiger partial charge in [0, 0.05) is 6.42 Å². The Morgan fingerprint density at radius 1 is 1.21 bits per heavy atom. The molecular formula is C12H20O2. The second kappa shape index (κ2) is 6.86. The summed E-state index contributed by atoms with van der Waals surface area (Å²) < 4.78 is 10.5. The summed E-state index contributed by atoms with van der Waals surface area (Å²) in [6.07, 6.45) is 4.14. The molecule has 1 aliphatic rings. The van der Waals surface area contributed by atoms with Crippen molar-refractivity contribution in [1.29, 1.82) is 0 Å². The molecule has 0 unspecified atom stereocenters. The molecule has 2 heteroatoms. The van der Waals surface area contributed by atoms with Crippen molar-refractivity contribution in [2.24, 2.45) is 5.92 Å². The van der Waals surface area contributed by atoms with Crippen LogP contribution in [0.25, 0.3) is 0 Å². The maximum absolute atomic E-state index is 5.27. The minimum absolute atomic E-state index is 0.0624. The number of rotatable bonds is 4. The third kappa shape index (κ3) is 5.26. The summed E-state index contributed by atoms with van der Waals surface area (Å²) in [6.45, 7) is 5.93. The Morgan fingerprint density at radius 2 is 1.93 bits per heavy atom. The minimum Gasteiger partial charge on any atom is -0.349 e. The monoisotopic (exact) mass is 196 g/mol. The van der Waals surface area contributed by atoms with Gasteiger partial charge in [-0.05, 0) is 12.3 Å². The van der Waals surface area contributed by atoms with Crippen LogP contribution in [0.3, 0.4) is 0 Å². The zero-order valence-electron chi connectivity index (χ0n) is 9.21. The van der Waals surface area contributed by atoms with Crippen molar-refractivity contribution < 1.29 is 9.47 Å². The number of unbranched alkanes of at least 4 members (excludes halogenated alkanes) is 1. The minimum atomic E-state index is -0.0624. The summed E-state index contributed by atoms with van der Waals surface area (Å²) in [5.74, 6) is 7.05. The predicted octanol–water partition coefficient (Wildman–Crippen LogP) is 2.58. The second-order valence-corrected chi connectivity index (χ2v) is 4.01. The highest BCUT2D eigenvalue weighted by atomic mass is 16.7. The molecule has 80 valence electrons. The molecule has 0 aromatic heterocycles. The van der Waals surface area contributed by atoms with Crippen LogP contribution in [-0.4, -0.2) is 19.5 Å². The fraction of sp³-hybridized carbons (Fsp3) is 0.833.